The molecule has 0 spiro atoms. The first-order valence-corrected chi connectivity index (χ1v) is 14.1. The maximum atomic E-state index is 13.6. The third-order valence-electron chi connectivity index (χ3n) is 6.73. The van der Waals surface area contributed by atoms with Crippen molar-refractivity contribution in [3.63, 3.8) is 0 Å². The fourth-order valence-electron chi connectivity index (χ4n) is 4.50. The van der Waals surface area contributed by atoms with Gasteiger partial charge in [-0.3, -0.25) is 19.4 Å². The van der Waals surface area contributed by atoms with E-state index in [4.69, 9.17) is 4.74 Å². The second-order valence-corrected chi connectivity index (χ2v) is 11.6. The Morgan fingerprint density at radius 2 is 1.87 bits per heavy atom. The number of benzene rings is 2. The standard InChI is InChI=1S/C28H33FN4O5S/c1-19-15-33(20(2)18-34)28(35)25-14-23(31-39(36,37)24-7-4-22(29)5-8-24)6-9-26(25)38-27(19)17-32(3)16-21-10-12-30-13-11-21/h4-14,19-20,27,31,34H,15-18H2,1-3H3/t19-,20-,27+/m0/s1. The lowest BCUT2D eigenvalue weighted by atomic mass is 9.99. The highest BCUT2D eigenvalue weighted by Gasteiger charge is 2.33. The summed E-state index contributed by atoms with van der Waals surface area (Å²) in [4.78, 5) is 21.3. The van der Waals surface area contributed by atoms with Crippen LogP contribution >= 0.6 is 0 Å². The lowest BCUT2D eigenvalue weighted by Gasteiger charge is -2.38. The van der Waals surface area contributed by atoms with Crippen LogP contribution in [0.25, 0.3) is 0 Å². The van der Waals surface area contributed by atoms with E-state index < -0.39 is 21.9 Å². The number of hydrogen-bond acceptors (Lipinski definition) is 7. The second-order valence-electron chi connectivity index (χ2n) is 9.95. The Morgan fingerprint density at radius 1 is 1.18 bits per heavy atom. The monoisotopic (exact) mass is 556 g/mol. The van der Waals surface area contributed by atoms with Crippen LogP contribution in [0.2, 0.25) is 0 Å². The number of pyridine rings is 1. The van der Waals surface area contributed by atoms with Gasteiger partial charge in [-0.2, -0.15) is 0 Å². The smallest absolute Gasteiger partial charge is 0.261 e. The van der Waals surface area contributed by atoms with Gasteiger partial charge in [0.2, 0.25) is 0 Å². The summed E-state index contributed by atoms with van der Waals surface area (Å²) in [6.45, 7) is 5.14. The van der Waals surface area contributed by atoms with Crippen molar-refractivity contribution in [2.75, 3.05) is 31.5 Å². The Bertz CT molecular complexity index is 1390. The first-order chi connectivity index (χ1) is 18.6. The highest BCUT2D eigenvalue weighted by Crippen LogP contribution is 2.31. The number of anilines is 1. The number of sulfonamides is 1. The van der Waals surface area contributed by atoms with Crippen LogP contribution in [0.4, 0.5) is 10.1 Å². The van der Waals surface area contributed by atoms with Gasteiger partial charge in [-0.25, -0.2) is 12.8 Å². The SMILES string of the molecule is C[C@H]1CN([C@@H](C)CO)C(=O)c2cc(NS(=O)(=O)c3ccc(F)cc3)ccc2O[C@@H]1CN(C)Cc1ccncc1. The van der Waals surface area contributed by atoms with E-state index in [9.17, 15) is 22.7 Å². The van der Waals surface area contributed by atoms with Gasteiger partial charge < -0.3 is 14.7 Å². The lowest BCUT2D eigenvalue weighted by Crippen LogP contribution is -2.49. The number of amides is 1. The third kappa shape index (κ3) is 6.92. The summed E-state index contributed by atoms with van der Waals surface area (Å²) in [5.74, 6) is -0.655. The number of nitrogens with one attached hydrogen (secondary N) is 1. The molecule has 1 aliphatic rings. The molecule has 0 unspecified atom stereocenters. The number of aromatic nitrogens is 1. The number of aliphatic hydroxyl groups is 1. The Morgan fingerprint density at radius 3 is 2.54 bits per heavy atom. The van der Waals surface area contributed by atoms with E-state index in [1.165, 1.54) is 24.3 Å². The van der Waals surface area contributed by atoms with E-state index in [0.717, 1.165) is 17.7 Å². The molecule has 208 valence electrons. The van der Waals surface area contributed by atoms with E-state index in [2.05, 4.69) is 14.6 Å². The molecule has 2 heterocycles. The first kappa shape index (κ1) is 28.5. The van der Waals surface area contributed by atoms with Crippen molar-refractivity contribution in [3.05, 3.63) is 83.9 Å². The topological polar surface area (TPSA) is 112 Å². The van der Waals surface area contributed by atoms with Crippen molar-refractivity contribution in [2.45, 2.75) is 37.4 Å². The van der Waals surface area contributed by atoms with Gasteiger partial charge in [0, 0.05) is 43.6 Å². The van der Waals surface area contributed by atoms with Gasteiger partial charge in [0.15, 0.2) is 0 Å². The van der Waals surface area contributed by atoms with E-state index in [1.807, 2.05) is 26.1 Å². The number of fused-ring (bicyclic) bond motifs is 1. The maximum absolute atomic E-state index is 13.6. The highest BCUT2D eigenvalue weighted by atomic mass is 32.2. The van der Waals surface area contributed by atoms with Crippen LogP contribution in [0, 0.1) is 11.7 Å². The molecule has 2 N–H and O–H groups in total. The molecule has 0 radical (unpaired) electrons. The van der Waals surface area contributed by atoms with E-state index in [0.29, 0.717) is 25.4 Å². The predicted molar refractivity (Wildman–Crippen MR) is 145 cm³/mol. The summed E-state index contributed by atoms with van der Waals surface area (Å²) in [5.41, 5.74) is 1.45. The number of halogens is 1. The molecule has 1 aromatic heterocycles. The van der Waals surface area contributed by atoms with Gasteiger partial charge in [-0.1, -0.05) is 6.92 Å². The van der Waals surface area contributed by atoms with Gasteiger partial charge in [0.25, 0.3) is 15.9 Å². The minimum absolute atomic E-state index is 0.0624. The number of carbonyl (C=O) groups is 1. The molecule has 0 saturated carbocycles. The van der Waals surface area contributed by atoms with Crippen molar-refractivity contribution in [1.82, 2.24) is 14.8 Å². The minimum Gasteiger partial charge on any atom is -0.488 e. The molecule has 4 rings (SSSR count). The number of aliphatic hydroxyl groups excluding tert-OH is 1. The molecule has 1 aliphatic heterocycles. The largest absolute Gasteiger partial charge is 0.488 e. The maximum Gasteiger partial charge on any atom is 0.261 e. The number of carbonyl (C=O) groups excluding carboxylic acids is 1. The summed E-state index contributed by atoms with van der Waals surface area (Å²) in [6, 6.07) is 12.4. The molecular weight excluding hydrogens is 523 g/mol. The molecule has 0 bridgehead atoms. The summed E-state index contributed by atoms with van der Waals surface area (Å²) >= 11 is 0. The zero-order chi connectivity index (χ0) is 28.2. The van der Waals surface area contributed by atoms with Crippen LogP contribution in [0.3, 0.4) is 0 Å². The zero-order valence-corrected chi connectivity index (χ0v) is 22.9. The third-order valence-corrected chi connectivity index (χ3v) is 8.13. The molecule has 0 saturated heterocycles. The average molecular weight is 557 g/mol. The van der Waals surface area contributed by atoms with E-state index >= 15 is 0 Å². The van der Waals surface area contributed by atoms with Crippen LogP contribution in [0.1, 0.15) is 29.8 Å². The molecular formula is C28H33FN4O5S. The number of ether oxygens (including phenoxy) is 1. The molecule has 3 aromatic rings. The summed E-state index contributed by atoms with van der Waals surface area (Å²) < 4.78 is 47.9. The number of hydrogen-bond donors (Lipinski definition) is 2. The van der Waals surface area contributed by atoms with E-state index in [1.54, 1.807) is 30.3 Å². The van der Waals surface area contributed by atoms with Crippen molar-refractivity contribution in [2.24, 2.45) is 5.92 Å². The van der Waals surface area contributed by atoms with Crippen molar-refractivity contribution in [3.8, 4) is 5.75 Å². The van der Waals surface area contributed by atoms with Gasteiger partial charge in [-0.15, -0.1) is 0 Å². The molecule has 1 amide bonds. The Kier molecular flexibility index (Phi) is 8.83. The van der Waals surface area contributed by atoms with Crippen molar-refractivity contribution >= 4 is 21.6 Å². The normalized spacial score (nSPS) is 18.6. The van der Waals surface area contributed by atoms with Gasteiger partial charge >= 0.3 is 0 Å². The molecule has 11 heteroatoms. The minimum atomic E-state index is -4.02. The van der Waals surface area contributed by atoms with Gasteiger partial charge in [-0.05, 0) is 74.1 Å². The number of likely N-dealkylation sites (N-methyl/N-ethyl adjacent to an activating group) is 1. The predicted octanol–water partition coefficient (Wildman–Crippen LogP) is 3.37. The molecule has 3 atom stereocenters. The number of rotatable bonds is 9. The van der Waals surface area contributed by atoms with Crippen molar-refractivity contribution < 1.29 is 27.4 Å². The Balaban J connectivity index is 1.63. The van der Waals surface area contributed by atoms with Crippen LogP contribution < -0.4 is 9.46 Å². The first-order valence-electron chi connectivity index (χ1n) is 12.7. The molecule has 0 aliphatic carbocycles. The van der Waals surface area contributed by atoms with Gasteiger partial charge in [0.05, 0.1) is 23.1 Å². The van der Waals surface area contributed by atoms with Crippen molar-refractivity contribution in [1.29, 1.82) is 0 Å². The zero-order valence-electron chi connectivity index (χ0n) is 22.1. The average Bonchev–Trinajstić information content (AvgIpc) is 2.91. The van der Waals surface area contributed by atoms with Crippen LogP contribution in [-0.2, 0) is 16.6 Å². The quantitative estimate of drug-likeness (QED) is 0.416. The Hall–Kier alpha value is -3.54. The summed E-state index contributed by atoms with van der Waals surface area (Å²) in [6.07, 6.45) is 3.20. The van der Waals surface area contributed by atoms with Crippen LogP contribution in [0.5, 0.6) is 5.75 Å². The van der Waals surface area contributed by atoms with E-state index in [-0.39, 0.29) is 40.7 Å². The van der Waals surface area contributed by atoms with Crippen LogP contribution in [0.15, 0.2) is 71.9 Å². The Labute approximate surface area is 228 Å². The number of nitrogens with zero attached hydrogens (tertiary/aromatic N) is 3. The molecule has 9 nitrogen and oxygen atoms in total. The highest BCUT2D eigenvalue weighted by molar-refractivity contribution is 7.92. The molecule has 39 heavy (non-hydrogen) atoms. The van der Waals surface area contributed by atoms with Gasteiger partial charge in [0.1, 0.15) is 17.7 Å². The summed E-state index contributed by atoms with van der Waals surface area (Å²) in [5, 5.41) is 9.87. The van der Waals surface area contributed by atoms with Crippen LogP contribution in [-0.4, -0.2) is 73.1 Å². The fourth-order valence-corrected chi connectivity index (χ4v) is 5.55. The summed E-state index contributed by atoms with van der Waals surface area (Å²) in [7, 11) is -2.03. The molecule has 2 aromatic carbocycles. The molecule has 0 fully saturated rings. The second kappa shape index (κ2) is 12.1. The fraction of sp³-hybridized carbons (Fsp3) is 0.357. The lowest BCUT2D eigenvalue weighted by molar-refractivity contribution is 0.0341.